The van der Waals surface area contributed by atoms with Crippen LogP contribution in [0.5, 0.6) is 0 Å². The molecule has 0 unspecified atom stereocenters. The fraction of sp³-hybridized carbons (Fsp3) is 0.125. The Kier molecular flexibility index (Phi) is 3.82. The molecule has 1 heterocycles. The summed E-state index contributed by atoms with van der Waals surface area (Å²) in [5, 5.41) is 10.0. The first-order chi connectivity index (χ1) is 10.6. The Balaban J connectivity index is 1.75. The molecule has 1 aromatic heterocycles. The van der Waals surface area contributed by atoms with Crippen LogP contribution < -0.4 is 5.32 Å². The third-order valence-electron chi connectivity index (χ3n) is 3.22. The summed E-state index contributed by atoms with van der Waals surface area (Å²) in [4.78, 5) is 4.27. The summed E-state index contributed by atoms with van der Waals surface area (Å²) in [7, 11) is 0. The van der Waals surface area contributed by atoms with Gasteiger partial charge in [0.15, 0.2) is 5.82 Å². The van der Waals surface area contributed by atoms with Crippen LogP contribution in [0, 0.1) is 18.6 Å². The summed E-state index contributed by atoms with van der Waals surface area (Å²) in [6.07, 6.45) is 0. The molecular weight excluding hydrogens is 286 g/mol. The summed E-state index contributed by atoms with van der Waals surface area (Å²) in [5.41, 5.74) is 2.07. The van der Waals surface area contributed by atoms with E-state index in [1.165, 1.54) is 12.1 Å². The molecule has 0 fully saturated rings. The van der Waals surface area contributed by atoms with Gasteiger partial charge in [0, 0.05) is 29.4 Å². The van der Waals surface area contributed by atoms with E-state index < -0.39 is 11.6 Å². The molecule has 0 saturated carbocycles. The van der Waals surface area contributed by atoms with Gasteiger partial charge in [-0.15, -0.1) is 0 Å². The minimum absolute atomic E-state index is 0.266. The normalized spacial score (nSPS) is 10.7. The van der Waals surface area contributed by atoms with Gasteiger partial charge in [-0.3, -0.25) is 5.10 Å². The van der Waals surface area contributed by atoms with Crippen molar-refractivity contribution < 1.29 is 8.78 Å². The fourth-order valence-electron chi connectivity index (χ4n) is 2.10. The van der Waals surface area contributed by atoms with E-state index >= 15 is 0 Å². The Morgan fingerprint density at radius 3 is 2.73 bits per heavy atom. The predicted octanol–water partition coefficient (Wildman–Crippen LogP) is 3.67. The lowest BCUT2D eigenvalue weighted by molar-refractivity contribution is 0.574. The Labute approximate surface area is 126 Å². The van der Waals surface area contributed by atoms with Crippen molar-refractivity contribution in [3.8, 4) is 11.4 Å². The van der Waals surface area contributed by atoms with Crippen LogP contribution in [-0.2, 0) is 6.54 Å². The smallest absolute Gasteiger partial charge is 0.181 e. The first-order valence-corrected chi connectivity index (χ1v) is 6.79. The third kappa shape index (κ3) is 3.11. The van der Waals surface area contributed by atoms with Crippen molar-refractivity contribution in [2.75, 3.05) is 5.32 Å². The predicted molar refractivity (Wildman–Crippen MR) is 80.2 cm³/mol. The van der Waals surface area contributed by atoms with Gasteiger partial charge in [0.1, 0.15) is 17.5 Å². The van der Waals surface area contributed by atoms with Crippen molar-refractivity contribution in [3.63, 3.8) is 0 Å². The zero-order valence-corrected chi connectivity index (χ0v) is 11.9. The molecule has 2 aromatic carbocycles. The van der Waals surface area contributed by atoms with Gasteiger partial charge in [-0.05, 0) is 25.1 Å². The lowest BCUT2D eigenvalue weighted by Gasteiger charge is -2.08. The number of benzene rings is 2. The van der Waals surface area contributed by atoms with Gasteiger partial charge in [-0.1, -0.05) is 18.2 Å². The second kappa shape index (κ2) is 5.93. The van der Waals surface area contributed by atoms with Crippen LogP contribution in [0.4, 0.5) is 14.5 Å². The van der Waals surface area contributed by atoms with Gasteiger partial charge >= 0.3 is 0 Å². The van der Waals surface area contributed by atoms with Gasteiger partial charge in [0.05, 0.1) is 0 Å². The van der Waals surface area contributed by atoms with E-state index in [-0.39, 0.29) is 6.54 Å². The Bertz CT molecular complexity index is 798. The monoisotopic (exact) mass is 300 g/mol. The minimum atomic E-state index is -0.580. The van der Waals surface area contributed by atoms with E-state index in [1.807, 2.05) is 31.2 Å². The molecule has 3 rings (SSSR count). The molecule has 0 saturated heterocycles. The second-order valence-corrected chi connectivity index (χ2v) is 4.91. The fourth-order valence-corrected chi connectivity index (χ4v) is 2.10. The lowest BCUT2D eigenvalue weighted by atomic mass is 10.1. The maximum Gasteiger partial charge on any atom is 0.181 e. The van der Waals surface area contributed by atoms with E-state index in [0.717, 1.165) is 23.1 Å². The topological polar surface area (TPSA) is 53.6 Å². The van der Waals surface area contributed by atoms with Gasteiger partial charge in [-0.2, -0.15) is 5.10 Å². The van der Waals surface area contributed by atoms with Crippen molar-refractivity contribution in [1.29, 1.82) is 0 Å². The Hall–Kier alpha value is -2.76. The summed E-state index contributed by atoms with van der Waals surface area (Å²) in [6.45, 7) is 2.10. The van der Waals surface area contributed by atoms with Crippen LogP contribution in [0.2, 0.25) is 0 Å². The third-order valence-corrected chi connectivity index (χ3v) is 3.22. The van der Waals surface area contributed by atoms with Gasteiger partial charge in [0.2, 0.25) is 0 Å². The summed E-state index contributed by atoms with van der Waals surface area (Å²) in [6, 6.07) is 11.1. The maximum absolute atomic E-state index is 13.6. The number of H-pyrrole nitrogens is 1. The van der Waals surface area contributed by atoms with E-state index in [4.69, 9.17) is 0 Å². The first kappa shape index (κ1) is 14.2. The van der Waals surface area contributed by atoms with Gasteiger partial charge in [-0.25, -0.2) is 13.8 Å². The highest BCUT2D eigenvalue weighted by Crippen LogP contribution is 2.20. The molecule has 0 spiro atoms. The number of nitrogens with zero attached hydrogens (tertiary/aromatic N) is 2. The molecule has 0 bridgehead atoms. The average molecular weight is 300 g/mol. The Morgan fingerprint density at radius 2 is 2.00 bits per heavy atom. The van der Waals surface area contributed by atoms with Crippen LogP contribution >= 0.6 is 0 Å². The molecule has 0 amide bonds. The minimum Gasteiger partial charge on any atom is -0.381 e. The molecule has 112 valence electrons. The van der Waals surface area contributed by atoms with Crippen molar-refractivity contribution in [2.45, 2.75) is 13.5 Å². The largest absolute Gasteiger partial charge is 0.381 e. The molecule has 2 N–H and O–H groups in total. The molecule has 0 aliphatic rings. The molecule has 0 aliphatic heterocycles. The molecule has 6 heteroatoms. The van der Waals surface area contributed by atoms with E-state index in [9.17, 15) is 8.78 Å². The number of hydrogen-bond acceptors (Lipinski definition) is 3. The highest BCUT2D eigenvalue weighted by molar-refractivity contribution is 5.62. The highest BCUT2D eigenvalue weighted by Gasteiger charge is 2.06. The molecule has 0 radical (unpaired) electrons. The number of anilines is 1. The standard InChI is InChI=1S/C16H14F2N4/c1-10-20-16(22-21-10)11-3-2-4-14(7-11)19-9-12-5-6-13(17)8-15(12)18/h2-8,19H,9H2,1H3,(H,20,21,22). The van der Waals surface area contributed by atoms with Crippen LogP contribution in [0.15, 0.2) is 42.5 Å². The number of aryl methyl sites for hydroxylation is 1. The summed E-state index contributed by atoms with van der Waals surface area (Å²) < 4.78 is 26.5. The average Bonchev–Trinajstić information content (AvgIpc) is 2.93. The highest BCUT2D eigenvalue weighted by atomic mass is 19.1. The zero-order chi connectivity index (χ0) is 15.5. The van der Waals surface area contributed by atoms with E-state index in [0.29, 0.717) is 11.4 Å². The zero-order valence-electron chi connectivity index (χ0n) is 11.9. The molecule has 22 heavy (non-hydrogen) atoms. The number of hydrogen-bond donors (Lipinski definition) is 2. The lowest BCUT2D eigenvalue weighted by Crippen LogP contribution is -2.02. The van der Waals surface area contributed by atoms with Crippen LogP contribution in [0.3, 0.4) is 0 Å². The van der Waals surface area contributed by atoms with Crippen LogP contribution in [0.1, 0.15) is 11.4 Å². The number of aromatic nitrogens is 3. The molecule has 0 atom stereocenters. The number of nitrogens with one attached hydrogen (secondary N) is 2. The van der Waals surface area contributed by atoms with E-state index in [2.05, 4.69) is 20.5 Å². The molecule has 0 aliphatic carbocycles. The van der Waals surface area contributed by atoms with Gasteiger partial charge in [0.25, 0.3) is 0 Å². The summed E-state index contributed by atoms with van der Waals surface area (Å²) >= 11 is 0. The van der Waals surface area contributed by atoms with Crippen molar-refractivity contribution in [2.24, 2.45) is 0 Å². The second-order valence-electron chi connectivity index (χ2n) is 4.91. The van der Waals surface area contributed by atoms with Crippen molar-refractivity contribution in [3.05, 3.63) is 65.5 Å². The van der Waals surface area contributed by atoms with Crippen LogP contribution in [0.25, 0.3) is 11.4 Å². The molecule has 3 aromatic rings. The van der Waals surface area contributed by atoms with Crippen LogP contribution in [-0.4, -0.2) is 15.2 Å². The Morgan fingerprint density at radius 1 is 1.14 bits per heavy atom. The van der Waals surface area contributed by atoms with Crippen molar-refractivity contribution in [1.82, 2.24) is 15.2 Å². The number of halogens is 2. The summed E-state index contributed by atoms with van der Waals surface area (Å²) in [5.74, 6) is 0.201. The first-order valence-electron chi connectivity index (χ1n) is 6.79. The quantitative estimate of drug-likeness (QED) is 0.773. The molecule has 4 nitrogen and oxygen atoms in total. The number of aromatic amines is 1. The number of rotatable bonds is 4. The SMILES string of the molecule is Cc1nc(-c2cccc(NCc3ccc(F)cc3F)c2)n[nH]1. The van der Waals surface area contributed by atoms with Gasteiger partial charge < -0.3 is 5.32 Å². The van der Waals surface area contributed by atoms with E-state index in [1.54, 1.807) is 0 Å². The maximum atomic E-state index is 13.6. The van der Waals surface area contributed by atoms with Crippen molar-refractivity contribution >= 4 is 5.69 Å². The molecular formula is C16H14F2N4.